The molecule has 110 valence electrons. The second-order valence-corrected chi connectivity index (χ2v) is 7.52. The van der Waals surface area contributed by atoms with Crippen LogP contribution in [-0.2, 0) is 4.74 Å². The molecule has 19 heavy (non-hydrogen) atoms. The number of fused-ring (bicyclic) bond motifs is 1. The monoisotopic (exact) mass is 266 g/mol. The highest BCUT2D eigenvalue weighted by Gasteiger charge is 2.66. The van der Waals surface area contributed by atoms with E-state index in [2.05, 4.69) is 19.2 Å². The fourth-order valence-corrected chi connectivity index (χ4v) is 4.65. The highest BCUT2D eigenvalue weighted by atomic mass is 16.5. The number of nitrogens with two attached hydrogens (primary N) is 1. The summed E-state index contributed by atoms with van der Waals surface area (Å²) >= 11 is 0. The first kappa shape index (κ1) is 13.8. The number of ether oxygens (including phenoxy) is 1. The van der Waals surface area contributed by atoms with E-state index in [1.807, 2.05) is 0 Å². The van der Waals surface area contributed by atoms with E-state index in [1.165, 1.54) is 44.9 Å². The van der Waals surface area contributed by atoms with Gasteiger partial charge in [0.1, 0.15) is 0 Å². The maximum atomic E-state index is 6.81. The summed E-state index contributed by atoms with van der Waals surface area (Å²) in [4.78, 5) is 0. The molecule has 2 saturated carbocycles. The lowest BCUT2D eigenvalue weighted by atomic mass is 9.46. The van der Waals surface area contributed by atoms with E-state index in [1.54, 1.807) is 0 Å². The van der Waals surface area contributed by atoms with Gasteiger partial charge in [-0.1, -0.05) is 33.1 Å². The Morgan fingerprint density at radius 2 is 1.84 bits per heavy atom. The van der Waals surface area contributed by atoms with Gasteiger partial charge in [-0.3, -0.25) is 0 Å². The Morgan fingerprint density at radius 1 is 1.11 bits per heavy atom. The fraction of sp³-hybridized carbons (Fsp3) is 1.00. The van der Waals surface area contributed by atoms with E-state index in [0.29, 0.717) is 18.1 Å². The number of nitrogens with one attached hydrogen (secondary N) is 1. The van der Waals surface area contributed by atoms with Crippen molar-refractivity contribution in [3.63, 3.8) is 0 Å². The minimum Gasteiger partial charge on any atom is -0.377 e. The lowest BCUT2D eigenvalue weighted by molar-refractivity contribution is -0.226. The largest absolute Gasteiger partial charge is 0.377 e. The van der Waals surface area contributed by atoms with Gasteiger partial charge in [0.25, 0.3) is 0 Å². The minimum absolute atomic E-state index is 0.0739. The highest BCUT2D eigenvalue weighted by Crippen LogP contribution is 2.57. The van der Waals surface area contributed by atoms with Crippen molar-refractivity contribution in [1.82, 2.24) is 5.32 Å². The average molecular weight is 266 g/mol. The molecule has 0 amide bonds. The van der Waals surface area contributed by atoms with E-state index in [0.717, 1.165) is 13.2 Å². The molecular formula is C16H30N2O. The zero-order valence-corrected chi connectivity index (χ0v) is 12.6. The van der Waals surface area contributed by atoms with Crippen molar-refractivity contribution >= 4 is 0 Å². The summed E-state index contributed by atoms with van der Waals surface area (Å²) in [5.74, 6) is 0.562. The summed E-state index contributed by atoms with van der Waals surface area (Å²) in [5, 5.41) is 3.77. The predicted octanol–water partition coefficient (Wildman–Crippen LogP) is 2.44. The van der Waals surface area contributed by atoms with Gasteiger partial charge in [0.2, 0.25) is 0 Å². The molecule has 1 heterocycles. The van der Waals surface area contributed by atoms with Crippen molar-refractivity contribution in [3.8, 4) is 0 Å². The Kier molecular flexibility index (Phi) is 3.65. The second-order valence-electron chi connectivity index (χ2n) is 7.52. The van der Waals surface area contributed by atoms with Gasteiger partial charge >= 0.3 is 0 Å². The van der Waals surface area contributed by atoms with Gasteiger partial charge in [0.15, 0.2) is 0 Å². The summed E-state index contributed by atoms with van der Waals surface area (Å²) in [6.45, 7) is 6.48. The molecular weight excluding hydrogens is 236 g/mol. The molecule has 0 bridgehead atoms. The topological polar surface area (TPSA) is 47.3 Å². The second kappa shape index (κ2) is 5.01. The van der Waals surface area contributed by atoms with Crippen molar-refractivity contribution in [2.75, 3.05) is 13.2 Å². The zero-order valence-electron chi connectivity index (χ0n) is 12.6. The third-order valence-electron chi connectivity index (χ3n) is 6.18. The van der Waals surface area contributed by atoms with Gasteiger partial charge in [-0.15, -0.1) is 0 Å². The first-order valence-corrected chi connectivity index (χ1v) is 8.19. The van der Waals surface area contributed by atoms with Crippen LogP contribution in [0.3, 0.4) is 0 Å². The summed E-state index contributed by atoms with van der Waals surface area (Å²) in [6.07, 6.45) is 9.66. The molecule has 1 aliphatic heterocycles. The quantitative estimate of drug-likeness (QED) is 0.825. The molecule has 3 atom stereocenters. The first-order valence-electron chi connectivity index (χ1n) is 8.19. The summed E-state index contributed by atoms with van der Waals surface area (Å²) < 4.78 is 5.97. The molecule has 1 saturated heterocycles. The Labute approximate surface area is 117 Å². The third kappa shape index (κ3) is 2.14. The third-order valence-corrected chi connectivity index (χ3v) is 6.18. The molecule has 0 spiro atoms. The van der Waals surface area contributed by atoms with Crippen LogP contribution in [0, 0.1) is 11.3 Å². The van der Waals surface area contributed by atoms with Gasteiger partial charge in [-0.2, -0.15) is 0 Å². The van der Waals surface area contributed by atoms with Crippen molar-refractivity contribution in [2.45, 2.75) is 76.5 Å². The Bertz CT molecular complexity index is 325. The molecule has 0 aromatic rings. The zero-order chi connectivity index (χ0) is 13.5. The van der Waals surface area contributed by atoms with E-state index in [4.69, 9.17) is 10.5 Å². The predicted molar refractivity (Wildman–Crippen MR) is 78.0 cm³/mol. The van der Waals surface area contributed by atoms with Crippen LogP contribution in [0.4, 0.5) is 0 Å². The van der Waals surface area contributed by atoms with E-state index >= 15 is 0 Å². The van der Waals surface area contributed by atoms with Crippen LogP contribution in [0.25, 0.3) is 0 Å². The molecule has 3 rings (SSSR count). The van der Waals surface area contributed by atoms with E-state index in [9.17, 15) is 0 Å². The van der Waals surface area contributed by atoms with Gasteiger partial charge in [-0.05, 0) is 25.7 Å². The van der Waals surface area contributed by atoms with Crippen LogP contribution in [0.5, 0.6) is 0 Å². The van der Waals surface area contributed by atoms with Crippen LogP contribution >= 0.6 is 0 Å². The molecule has 3 unspecified atom stereocenters. The molecule has 3 fully saturated rings. The number of hydrogen-bond donors (Lipinski definition) is 2. The number of hydrogen-bond acceptors (Lipinski definition) is 3. The van der Waals surface area contributed by atoms with Gasteiger partial charge < -0.3 is 15.8 Å². The number of rotatable bonds is 3. The van der Waals surface area contributed by atoms with Gasteiger partial charge in [0.05, 0.1) is 6.10 Å². The van der Waals surface area contributed by atoms with Crippen molar-refractivity contribution < 1.29 is 4.74 Å². The Morgan fingerprint density at radius 3 is 2.58 bits per heavy atom. The fourth-order valence-electron chi connectivity index (χ4n) is 4.65. The molecule has 3 nitrogen and oxygen atoms in total. The van der Waals surface area contributed by atoms with Crippen LogP contribution in [0.1, 0.15) is 58.8 Å². The summed E-state index contributed by atoms with van der Waals surface area (Å²) in [7, 11) is 0. The van der Waals surface area contributed by atoms with Crippen molar-refractivity contribution in [1.29, 1.82) is 0 Å². The van der Waals surface area contributed by atoms with Crippen molar-refractivity contribution in [3.05, 3.63) is 0 Å². The molecule has 2 aliphatic carbocycles. The lowest BCUT2D eigenvalue weighted by Gasteiger charge is -2.67. The summed E-state index contributed by atoms with van der Waals surface area (Å²) in [5.41, 5.74) is 6.85. The molecule has 3 aliphatic rings. The maximum absolute atomic E-state index is 6.81. The van der Waals surface area contributed by atoms with E-state index < -0.39 is 0 Å². The lowest BCUT2D eigenvalue weighted by Crippen LogP contribution is -2.80. The van der Waals surface area contributed by atoms with E-state index in [-0.39, 0.29) is 11.0 Å². The van der Waals surface area contributed by atoms with Crippen LogP contribution in [-0.4, -0.2) is 30.8 Å². The molecule has 3 heteroatoms. The van der Waals surface area contributed by atoms with Crippen LogP contribution < -0.4 is 11.1 Å². The SMILES string of the molecule is CC1(C)C2OCCCC2C1(N)CNC1CCCCC1. The Hall–Kier alpha value is -0.120. The van der Waals surface area contributed by atoms with Crippen LogP contribution in [0.2, 0.25) is 0 Å². The minimum atomic E-state index is -0.0739. The Balaban J connectivity index is 1.61. The van der Waals surface area contributed by atoms with Crippen molar-refractivity contribution in [2.24, 2.45) is 17.1 Å². The van der Waals surface area contributed by atoms with Gasteiger partial charge in [0, 0.05) is 36.1 Å². The highest BCUT2D eigenvalue weighted by molar-refractivity contribution is 5.20. The average Bonchev–Trinajstić information content (AvgIpc) is 2.46. The normalized spacial score (nSPS) is 42.5. The molecule has 0 radical (unpaired) electrons. The standard InChI is InChI=1S/C16H30N2O/c1-15(2)14-13(9-6-10-19-14)16(15,17)11-18-12-7-4-3-5-8-12/h12-14,18H,3-11,17H2,1-2H3. The molecule has 0 aromatic carbocycles. The maximum Gasteiger partial charge on any atom is 0.0690 e. The van der Waals surface area contributed by atoms with Gasteiger partial charge in [-0.25, -0.2) is 0 Å². The smallest absolute Gasteiger partial charge is 0.0690 e. The first-order chi connectivity index (χ1) is 9.06. The molecule has 3 N–H and O–H groups in total. The molecule has 0 aromatic heterocycles. The summed E-state index contributed by atoms with van der Waals surface area (Å²) in [6, 6.07) is 0.702. The van der Waals surface area contributed by atoms with Crippen LogP contribution in [0.15, 0.2) is 0 Å².